The van der Waals surface area contributed by atoms with Gasteiger partial charge in [0.2, 0.25) is 0 Å². The normalized spacial score (nSPS) is 10.0. The summed E-state index contributed by atoms with van der Waals surface area (Å²) in [7, 11) is 0. The van der Waals surface area contributed by atoms with Crippen LogP contribution in [0.15, 0.2) is 48.5 Å². The van der Waals surface area contributed by atoms with Crippen LogP contribution in [0, 0.1) is 18.8 Å². The highest BCUT2D eigenvalue weighted by atomic mass is 14.0. The van der Waals surface area contributed by atoms with Crippen molar-refractivity contribution in [1.29, 1.82) is 0 Å². The number of hydrogen-bond acceptors (Lipinski definition) is 0. The van der Waals surface area contributed by atoms with Crippen LogP contribution in [0.5, 0.6) is 0 Å². The van der Waals surface area contributed by atoms with Crippen molar-refractivity contribution in [1.82, 2.24) is 0 Å². The Bertz CT molecular complexity index is 608. The van der Waals surface area contributed by atoms with E-state index in [1.54, 1.807) is 0 Å². The number of unbranched alkanes of at least 4 members (excludes halogenated alkanes) is 3. The van der Waals surface area contributed by atoms with Gasteiger partial charge in [-0.2, -0.15) is 0 Å². The Kier molecular flexibility index (Phi) is 6.10. The molecular weight excluding hydrogens is 252 g/mol. The Labute approximate surface area is 129 Å². The lowest BCUT2D eigenvalue weighted by Gasteiger charge is -2.01. The van der Waals surface area contributed by atoms with Crippen LogP contribution < -0.4 is 0 Å². The van der Waals surface area contributed by atoms with Crippen LogP contribution in [-0.4, -0.2) is 0 Å². The number of benzene rings is 2. The standard InChI is InChI=1S/C21H24/c1-3-4-5-6-10-19-12-14-20(15-13-19)16-17-21-11-8-7-9-18(21)2/h7-9,11-15H,3-6,10H2,1-2H3. The predicted octanol–water partition coefficient (Wildman–Crippen LogP) is 5.52. The molecule has 0 atom stereocenters. The fourth-order valence-electron chi connectivity index (χ4n) is 2.36. The summed E-state index contributed by atoms with van der Waals surface area (Å²) in [5.41, 5.74) is 4.86. The number of rotatable bonds is 5. The van der Waals surface area contributed by atoms with Crippen molar-refractivity contribution >= 4 is 0 Å². The highest BCUT2D eigenvalue weighted by Gasteiger charge is 1.95. The second kappa shape index (κ2) is 8.32. The predicted molar refractivity (Wildman–Crippen MR) is 91.4 cm³/mol. The topological polar surface area (TPSA) is 0 Å². The summed E-state index contributed by atoms with van der Waals surface area (Å²) < 4.78 is 0. The molecule has 2 aromatic carbocycles. The second-order valence-electron chi connectivity index (χ2n) is 5.57. The Hall–Kier alpha value is -2.00. The molecule has 0 nitrogen and oxygen atoms in total. The average molecular weight is 276 g/mol. The summed E-state index contributed by atoms with van der Waals surface area (Å²) in [5, 5.41) is 0. The summed E-state index contributed by atoms with van der Waals surface area (Å²) >= 11 is 0. The lowest BCUT2D eigenvalue weighted by molar-refractivity contribution is 0.667. The Morgan fingerprint density at radius 3 is 2.29 bits per heavy atom. The fourth-order valence-corrected chi connectivity index (χ4v) is 2.36. The number of hydrogen-bond donors (Lipinski definition) is 0. The molecule has 108 valence electrons. The van der Waals surface area contributed by atoms with Gasteiger partial charge in [0.25, 0.3) is 0 Å². The maximum Gasteiger partial charge on any atom is 0.0278 e. The van der Waals surface area contributed by atoms with Gasteiger partial charge in [0.15, 0.2) is 0 Å². The summed E-state index contributed by atoms with van der Waals surface area (Å²) in [4.78, 5) is 0. The Balaban J connectivity index is 1.95. The van der Waals surface area contributed by atoms with Gasteiger partial charge in [-0.3, -0.25) is 0 Å². The third-order valence-corrected chi connectivity index (χ3v) is 3.76. The van der Waals surface area contributed by atoms with E-state index in [4.69, 9.17) is 0 Å². The molecule has 0 bridgehead atoms. The van der Waals surface area contributed by atoms with Gasteiger partial charge in [-0.05, 0) is 49.1 Å². The minimum atomic E-state index is 1.09. The average Bonchev–Trinajstić information content (AvgIpc) is 2.52. The molecule has 0 aliphatic rings. The minimum Gasteiger partial charge on any atom is -0.0654 e. The first-order valence-corrected chi connectivity index (χ1v) is 7.96. The van der Waals surface area contributed by atoms with Crippen molar-refractivity contribution in [2.75, 3.05) is 0 Å². The van der Waals surface area contributed by atoms with E-state index in [1.807, 2.05) is 12.1 Å². The maximum absolute atomic E-state index is 3.26. The molecule has 21 heavy (non-hydrogen) atoms. The van der Waals surface area contributed by atoms with Gasteiger partial charge in [0, 0.05) is 11.1 Å². The lowest BCUT2D eigenvalue weighted by Crippen LogP contribution is -1.86. The molecule has 2 rings (SSSR count). The summed E-state index contributed by atoms with van der Waals surface area (Å²) in [5.74, 6) is 6.51. The molecule has 0 saturated heterocycles. The molecule has 2 aromatic rings. The second-order valence-corrected chi connectivity index (χ2v) is 5.57. The molecule has 0 spiro atoms. The van der Waals surface area contributed by atoms with Crippen LogP contribution in [-0.2, 0) is 6.42 Å². The van der Waals surface area contributed by atoms with Crippen molar-refractivity contribution in [3.63, 3.8) is 0 Å². The quantitative estimate of drug-likeness (QED) is 0.498. The Morgan fingerprint density at radius 2 is 1.57 bits per heavy atom. The third kappa shape index (κ3) is 5.12. The molecule has 0 unspecified atom stereocenters. The monoisotopic (exact) mass is 276 g/mol. The smallest absolute Gasteiger partial charge is 0.0278 e. The number of aryl methyl sites for hydroxylation is 2. The van der Waals surface area contributed by atoms with E-state index in [0.717, 1.165) is 11.1 Å². The molecule has 0 saturated carbocycles. The highest BCUT2D eigenvalue weighted by molar-refractivity contribution is 5.46. The minimum absolute atomic E-state index is 1.09. The van der Waals surface area contributed by atoms with Crippen LogP contribution in [0.1, 0.15) is 54.9 Å². The van der Waals surface area contributed by atoms with Gasteiger partial charge >= 0.3 is 0 Å². The summed E-state index contributed by atoms with van der Waals surface area (Å²) in [6.07, 6.45) is 6.46. The zero-order valence-corrected chi connectivity index (χ0v) is 13.2. The summed E-state index contributed by atoms with van der Waals surface area (Å²) in [6, 6.07) is 17.0. The molecule has 0 N–H and O–H groups in total. The molecule has 0 aliphatic heterocycles. The highest BCUT2D eigenvalue weighted by Crippen LogP contribution is 2.10. The van der Waals surface area contributed by atoms with Gasteiger partial charge in [-0.1, -0.05) is 68.4 Å². The molecule has 0 fully saturated rings. The molecule has 0 amide bonds. The first kappa shape index (κ1) is 15.4. The van der Waals surface area contributed by atoms with Crippen LogP contribution in [0.2, 0.25) is 0 Å². The first-order valence-electron chi connectivity index (χ1n) is 7.96. The van der Waals surface area contributed by atoms with Crippen molar-refractivity contribution in [2.45, 2.75) is 46.0 Å². The van der Waals surface area contributed by atoms with Crippen LogP contribution in [0.25, 0.3) is 0 Å². The zero-order valence-electron chi connectivity index (χ0n) is 13.2. The van der Waals surface area contributed by atoms with Crippen LogP contribution in [0.3, 0.4) is 0 Å². The molecule has 0 radical (unpaired) electrons. The molecule has 0 aromatic heterocycles. The lowest BCUT2D eigenvalue weighted by atomic mass is 10.0. The molecule has 0 heteroatoms. The van der Waals surface area contributed by atoms with E-state index in [9.17, 15) is 0 Å². The van der Waals surface area contributed by atoms with Crippen molar-refractivity contribution in [3.8, 4) is 11.8 Å². The summed E-state index contributed by atoms with van der Waals surface area (Å²) in [6.45, 7) is 4.35. The fraction of sp³-hybridized carbons (Fsp3) is 0.333. The molecular formula is C21H24. The first-order chi connectivity index (χ1) is 10.3. The van der Waals surface area contributed by atoms with Gasteiger partial charge in [0.1, 0.15) is 0 Å². The van der Waals surface area contributed by atoms with E-state index >= 15 is 0 Å². The Morgan fingerprint density at radius 1 is 0.810 bits per heavy atom. The van der Waals surface area contributed by atoms with E-state index in [0.29, 0.717) is 0 Å². The largest absolute Gasteiger partial charge is 0.0654 e. The van der Waals surface area contributed by atoms with E-state index in [-0.39, 0.29) is 0 Å². The van der Waals surface area contributed by atoms with Gasteiger partial charge < -0.3 is 0 Å². The van der Waals surface area contributed by atoms with E-state index in [2.05, 4.69) is 62.1 Å². The van der Waals surface area contributed by atoms with Crippen LogP contribution in [0.4, 0.5) is 0 Å². The van der Waals surface area contributed by atoms with E-state index < -0.39 is 0 Å². The van der Waals surface area contributed by atoms with Crippen molar-refractivity contribution in [2.24, 2.45) is 0 Å². The van der Waals surface area contributed by atoms with Crippen LogP contribution >= 0.6 is 0 Å². The van der Waals surface area contributed by atoms with Crippen molar-refractivity contribution in [3.05, 3.63) is 70.8 Å². The van der Waals surface area contributed by atoms with Gasteiger partial charge in [-0.15, -0.1) is 0 Å². The maximum atomic E-state index is 3.26. The molecule has 0 heterocycles. The molecule has 0 aliphatic carbocycles. The SMILES string of the molecule is CCCCCCc1ccc(C#Cc2ccccc2C)cc1. The van der Waals surface area contributed by atoms with Crippen molar-refractivity contribution < 1.29 is 0 Å². The van der Waals surface area contributed by atoms with Gasteiger partial charge in [-0.25, -0.2) is 0 Å². The van der Waals surface area contributed by atoms with E-state index in [1.165, 1.54) is 43.2 Å². The third-order valence-electron chi connectivity index (χ3n) is 3.76. The van der Waals surface area contributed by atoms with Gasteiger partial charge in [0.05, 0.1) is 0 Å². The zero-order chi connectivity index (χ0) is 14.9.